The fourth-order valence-electron chi connectivity index (χ4n) is 3.08. The third-order valence-corrected chi connectivity index (χ3v) is 4.57. The third kappa shape index (κ3) is 2.85. The van der Waals surface area contributed by atoms with Gasteiger partial charge in [-0.1, -0.05) is 6.92 Å². The Kier molecular flexibility index (Phi) is 3.81. The van der Waals surface area contributed by atoms with E-state index >= 15 is 0 Å². The van der Waals surface area contributed by atoms with Crippen molar-refractivity contribution in [3.8, 4) is 5.82 Å². The summed E-state index contributed by atoms with van der Waals surface area (Å²) >= 11 is 0. The Bertz CT molecular complexity index is 848. The van der Waals surface area contributed by atoms with E-state index in [-0.39, 0.29) is 17.9 Å². The number of aromatic nitrogens is 5. The predicted molar refractivity (Wildman–Crippen MR) is 79.1 cm³/mol. The van der Waals surface area contributed by atoms with Gasteiger partial charge in [-0.15, -0.1) is 5.10 Å². The molecule has 0 radical (unpaired) electrons. The van der Waals surface area contributed by atoms with Crippen LogP contribution in [0, 0.1) is 19.3 Å². The van der Waals surface area contributed by atoms with Crippen molar-refractivity contribution in [1.82, 2.24) is 24.7 Å². The first-order valence-electron chi connectivity index (χ1n) is 7.68. The van der Waals surface area contributed by atoms with Crippen LogP contribution in [0.15, 0.2) is 6.07 Å². The van der Waals surface area contributed by atoms with E-state index in [0.717, 1.165) is 0 Å². The number of aryl methyl sites for hydroxylation is 2. The smallest absolute Gasteiger partial charge is 0.451 e. The Morgan fingerprint density at radius 2 is 2.04 bits per heavy atom. The molecule has 0 spiro atoms. The number of halogens is 3. The summed E-state index contributed by atoms with van der Waals surface area (Å²) in [6.45, 7) is 4.91. The van der Waals surface area contributed by atoms with Gasteiger partial charge in [0.1, 0.15) is 11.6 Å². The van der Waals surface area contributed by atoms with Gasteiger partial charge in [0, 0.05) is 12.0 Å². The first-order valence-corrected chi connectivity index (χ1v) is 7.68. The maximum Gasteiger partial charge on any atom is 0.451 e. The lowest BCUT2D eigenvalue weighted by atomic mass is 9.99. The van der Waals surface area contributed by atoms with Crippen LogP contribution >= 0.6 is 0 Å². The van der Waals surface area contributed by atoms with Crippen molar-refractivity contribution in [3.63, 3.8) is 0 Å². The molecule has 2 aromatic rings. The van der Waals surface area contributed by atoms with Gasteiger partial charge in [0.05, 0.1) is 11.1 Å². The molecule has 1 N–H and O–H groups in total. The Labute approximate surface area is 140 Å². The average Bonchev–Trinajstić information content (AvgIpc) is 3.19. The standard InChI is InChI=1S/C15H16F3N5O2/c1-4-14(13(24)25)6-9(14)10-5-11(21-12(20-10)15(16,17)18)23-8(3)19-7(2)22-23/h5,9H,4,6H2,1-3H3,(H,24,25). The van der Waals surface area contributed by atoms with Gasteiger partial charge in [-0.05, 0) is 26.7 Å². The molecule has 134 valence electrons. The highest BCUT2D eigenvalue weighted by Gasteiger charge is 2.60. The van der Waals surface area contributed by atoms with Gasteiger partial charge in [0.25, 0.3) is 0 Å². The van der Waals surface area contributed by atoms with E-state index in [0.29, 0.717) is 18.1 Å². The van der Waals surface area contributed by atoms with Crippen molar-refractivity contribution >= 4 is 5.97 Å². The molecule has 1 aliphatic carbocycles. The molecule has 1 fully saturated rings. The van der Waals surface area contributed by atoms with Crippen LogP contribution in [0.1, 0.15) is 48.9 Å². The molecule has 0 bridgehead atoms. The molecule has 2 heterocycles. The largest absolute Gasteiger partial charge is 0.481 e. The molecule has 0 saturated heterocycles. The average molecular weight is 355 g/mol. The van der Waals surface area contributed by atoms with E-state index in [2.05, 4.69) is 20.1 Å². The van der Waals surface area contributed by atoms with E-state index in [1.54, 1.807) is 20.8 Å². The Balaban J connectivity index is 2.13. The lowest BCUT2D eigenvalue weighted by Gasteiger charge is -2.13. The minimum atomic E-state index is -4.75. The van der Waals surface area contributed by atoms with Crippen LogP contribution in [-0.2, 0) is 11.0 Å². The summed E-state index contributed by atoms with van der Waals surface area (Å²) in [5, 5.41) is 13.5. The van der Waals surface area contributed by atoms with Crippen molar-refractivity contribution in [2.75, 3.05) is 0 Å². The number of nitrogens with zero attached hydrogens (tertiary/aromatic N) is 5. The van der Waals surface area contributed by atoms with Crippen LogP contribution in [0.4, 0.5) is 13.2 Å². The second-order valence-corrected chi connectivity index (χ2v) is 6.16. The summed E-state index contributed by atoms with van der Waals surface area (Å²) < 4.78 is 40.8. The number of aliphatic carboxylic acids is 1. The first kappa shape index (κ1) is 17.3. The molecule has 2 unspecified atom stereocenters. The summed E-state index contributed by atoms with van der Waals surface area (Å²) in [4.78, 5) is 22.7. The van der Waals surface area contributed by atoms with Gasteiger partial charge in [-0.25, -0.2) is 15.0 Å². The molecule has 0 amide bonds. The van der Waals surface area contributed by atoms with Crippen LogP contribution in [0.3, 0.4) is 0 Å². The summed E-state index contributed by atoms with van der Waals surface area (Å²) in [6, 6.07) is 1.36. The molecule has 1 saturated carbocycles. The zero-order chi connectivity index (χ0) is 18.6. The van der Waals surface area contributed by atoms with Crippen LogP contribution < -0.4 is 0 Å². The van der Waals surface area contributed by atoms with Gasteiger partial charge in [-0.3, -0.25) is 4.79 Å². The molecule has 2 atom stereocenters. The van der Waals surface area contributed by atoms with Crippen molar-refractivity contribution in [1.29, 1.82) is 0 Å². The predicted octanol–water partition coefficient (Wildman–Crippen LogP) is 2.66. The summed E-state index contributed by atoms with van der Waals surface area (Å²) in [6.07, 6.45) is -4.18. The number of carboxylic acid groups (broad SMARTS) is 1. The zero-order valence-corrected chi connectivity index (χ0v) is 13.8. The molecule has 3 rings (SSSR count). The maximum atomic E-state index is 13.2. The molecule has 7 nitrogen and oxygen atoms in total. The normalized spacial score (nSPS) is 22.9. The highest BCUT2D eigenvalue weighted by Crippen LogP contribution is 2.61. The maximum absolute atomic E-state index is 13.2. The van der Waals surface area contributed by atoms with Gasteiger partial charge < -0.3 is 5.11 Å². The second kappa shape index (κ2) is 5.50. The van der Waals surface area contributed by atoms with Crippen LogP contribution in [-0.4, -0.2) is 35.8 Å². The van der Waals surface area contributed by atoms with Crippen LogP contribution in [0.5, 0.6) is 0 Å². The second-order valence-electron chi connectivity index (χ2n) is 6.16. The molecule has 10 heteroatoms. The number of alkyl halides is 3. The minimum absolute atomic E-state index is 0.0640. The summed E-state index contributed by atoms with van der Waals surface area (Å²) in [5.41, 5.74) is -1.00. The lowest BCUT2D eigenvalue weighted by molar-refractivity contribution is -0.145. The molecular weight excluding hydrogens is 339 g/mol. The van der Waals surface area contributed by atoms with Gasteiger partial charge in [-0.2, -0.15) is 17.9 Å². The van der Waals surface area contributed by atoms with E-state index < -0.39 is 29.3 Å². The van der Waals surface area contributed by atoms with Crippen molar-refractivity contribution in [3.05, 3.63) is 29.2 Å². The number of rotatable bonds is 4. The van der Waals surface area contributed by atoms with Crippen molar-refractivity contribution in [2.24, 2.45) is 5.41 Å². The molecular formula is C15H16F3N5O2. The highest BCUT2D eigenvalue weighted by atomic mass is 19.4. The Morgan fingerprint density at radius 3 is 2.48 bits per heavy atom. The number of carboxylic acids is 1. The summed E-state index contributed by atoms with van der Waals surface area (Å²) in [7, 11) is 0. The van der Waals surface area contributed by atoms with E-state index in [4.69, 9.17) is 0 Å². The van der Waals surface area contributed by atoms with Gasteiger partial charge in [0.2, 0.25) is 5.82 Å². The van der Waals surface area contributed by atoms with Crippen molar-refractivity contribution < 1.29 is 23.1 Å². The first-order chi connectivity index (χ1) is 11.6. The molecule has 0 aliphatic heterocycles. The fraction of sp³-hybridized carbons (Fsp3) is 0.533. The van der Waals surface area contributed by atoms with E-state index in [1.807, 2.05) is 0 Å². The number of hydrogen-bond acceptors (Lipinski definition) is 5. The SMILES string of the molecule is CCC1(C(=O)O)CC1c1cc(-n2nc(C)nc2C)nc(C(F)(F)F)n1. The van der Waals surface area contributed by atoms with Gasteiger partial charge >= 0.3 is 12.1 Å². The van der Waals surface area contributed by atoms with Crippen molar-refractivity contribution in [2.45, 2.75) is 45.7 Å². The molecule has 25 heavy (non-hydrogen) atoms. The summed E-state index contributed by atoms with van der Waals surface area (Å²) in [5.74, 6) is -2.21. The molecule has 0 aromatic carbocycles. The number of carbonyl (C=O) groups is 1. The van der Waals surface area contributed by atoms with Gasteiger partial charge in [0.15, 0.2) is 5.82 Å². The Hall–Kier alpha value is -2.52. The van der Waals surface area contributed by atoms with Crippen LogP contribution in [0.25, 0.3) is 5.82 Å². The minimum Gasteiger partial charge on any atom is -0.481 e. The van der Waals surface area contributed by atoms with E-state index in [9.17, 15) is 23.1 Å². The zero-order valence-electron chi connectivity index (χ0n) is 13.8. The molecule has 2 aromatic heterocycles. The number of hydrogen-bond donors (Lipinski definition) is 1. The third-order valence-electron chi connectivity index (χ3n) is 4.57. The highest BCUT2D eigenvalue weighted by molar-refractivity contribution is 5.80. The molecule has 1 aliphatic rings. The van der Waals surface area contributed by atoms with E-state index in [1.165, 1.54) is 10.7 Å². The van der Waals surface area contributed by atoms with Crippen LogP contribution in [0.2, 0.25) is 0 Å². The Morgan fingerprint density at radius 1 is 1.36 bits per heavy atom. The lowest BCUT2D eigenvalue weighted by Crippen LogP contribution is -2.19. The fourth-order valence-corrected chi connectivity index (χ4v) is 3.08. The quantitative estimate of drug-likeness (QED) is 0.906. The monoisotopic (exact) mass is 355 g/mol. The topological polar surface area (TPSA) is 93.8 Å².